The highest BCUT2D eigenvalue weighted by molar-refractivity contribution is 5.78. The number of hydrogen-bond acceptors (Lipinski definition) is 4. The van der Waals surface area contributed by atoms with Crippen LogP contribution in [0, 0.1) is 0 Å². The Morgan fingerprint density at radius 2 is 1.94 bits per heavy atom. The molecule has 1 fully saturated rings. The third-order valence-electron chi connectivity index (χ3n) is 2.72. The molecule has 0 aromatic carbocycles. The predicted molar refractivity (Wildman–Crippen MR) is 63.8 cm³/mol. The molecule has 1 aliphatic rings. The summed E-state index contributed by atoms with van der Waals surface area (Å²) < 4.78 is 0. The summed E-state index contributed by atoms with van der Waals surface area (Å²) in [4.78, 5) is 23.9. The van der Waals surface area contributed by atoms with E-state index in [1.165, 1.54) is 0 Å². The van der Waals surface area contributed by atoms with Crippen molar-refractivity contribution in [1.82, 2.24) is 15.5 Å². The van der Waals surface area contributed by atoms with Crippen LogP contribution in [0.1, 0.15) is 19.3 Å². The van der Waals surface area contributed by atoms with E-state index < -0.39 is 5.97 Å². The molecule has 1 heterocycles. The van der Waals surface area contributed by atoms with Crippen LogP contribution in [0.4, 0.5) is 0 Å². The molecule has 0 spiro atoms. The fourth-order valence-electron chi connectivity index (χ4n) is 1.76. The average Bonchev–Trinajstić information content (AvgIpc) is 2.29. The third-order valence-corrected chi connectivity index (χ3v) is 2.72. The van der Waals surface area contributed by atoms with E-state index in [9.17, 15) is 9.59 Å². The standard InChI is InChI=1S/C11H21N3O3/c15-10(9-14-7-5-12-6-8-14)13-4-2-1-3-11(16)17/h12H,1-9H2,(H,13,15)(H,16,17). The molecular weight excluding hydrogens is 222 g/mol. The maximum Gasteiger partial charge on any atom is 0.303 e. The molecule has 0 aromatic heterocycles. The summed E-state index contributed by atoms with van der Waals surface area (Å²) in [6.45, 7) is 4.70. The Kier molecular flexibility index (Phi) is 6.57. The summed E-state index contributed by atoms with van der Waals surface area (Å²) in [5.41, 5.74) is 0. The monoisotopic (exact) mass is 243 g/mol. The zero-order valence-corrected chi connectivity index (χ0v) is 10.1. The van der Waals surface area contributed by atoms with Crippen LogP contribution in [0.25, 0.3) is 0 Å². The largest absolute Gasteiger partial charge is 0.481 e. The minimum Gasteiger partial charge on any atom is -0.481 e. The fourth-order valence-corrected chi connectivity index (χ4v) is 1.76. The maximum absolute atomic E-state index is 11.5. The van der Waals surface area contributed by atoms with Gasteiger partial charge >= 0.3 is 5.97 Å². The van der Waals surface area contributed by atoms with Crippen molar-refractivity contribution in [2.45, 2.75) is 19.3 Å². The van der Waals surface area contributed by atoms with E-state index in [0.29, 0.717) is 19.5 Å². The molecule has 3 N–H and O–H groups in total. The van der Waals surface area contributed by atoms with Gasteiger partial charge in [-0.1, -0.05) is 0 Å². The van der Waals surface area contributed by atoms with Crippen LogP contribution in [0.3, 0.4) is 0 Å². The quantitative estimate of drug-likeness (QED) is 0.513. The Hall–Kier alpha value is -1.14. The molecular formula is C11H21N3O3. The van der Waals surface area contributed by atoms with Gasteiger partial charge in [-0.05, 0) is 12.8 Å². The lowest BCUT2D eigenvalue weighted by molar-refractivity contribution is -0.137. The maximum atomic E-state index is 11.5. The molecule has 0 atom stereocenters. The van der Waals surface area contributed by atoms with Gasteiger partial charge in [0, 0.05) is 39.1 Å². The van der Waals surface area contributed by atoms with E-state index in [2.05, 4.69) is 15.5 Å². The number of unbranched alkanes of at least 4 members (excludes halogenated alkanes) is 1. The van der Waals surface area contributed by atoms with E-state index in [4.69, 9.17) is 5.11 Å². The normalized spacial score (nSPS) is 16.7. The lowest BCUT2D eigenvalue weighted by Gasteiger charge is -2.26. The van der Waals surface area contributed by atoms with Crippen LogP contribution in [0.15, 0.2) is 0 Å². The fraction of sp³-hybridized carbons (Fsp3) is 0.818. The predicted octanol–water partition coefficient (Wildman–Crippen LogP) is -0.737. The van der Waals surface area contributed by atoms with Crippen molar-refractivity contribution < 1.29 is 14.7 Å². The zero-order chi connectivity index (χ0) is 12.5. The number of carbonyl (C=O) groups is 2. The van der Waals surface area contributed by atoms with Crippen molar-refractivity contribution in [3.8, 4) is 0 Å². The van der Waals surface area contributed by atoms with Gasteiger partial charge in [0.2, 0.25) is 5.91 Å². The number of aliphatic carboxylic acids is 1. The van der Waals surface area contributed by atoms with Crippen LogP contribution in [-0.2, 0) is 9.59 Å². The lowest BCUT2D eigenvalue weighted by Crippen LogP contribution is -2.47. The molecule has 0 saturated carbocycles. The van der Waals surface area contributed by atoms with E-state index >= 15 is 0 Å². The number of carboxylic acid groups (broad SMARTS) is 1. The van der Waals surface area contributed by atoms with Gasteiger partial charge in [-0.2, -0.15) is 0 Å². The molecule has 1 saturated heterocycles. The van der Waals surface area contributed by atoms with Gasteiger partial charge in [-0.25, -0.2) is 0 Å². The molecule has 6 nitrogen and oxygen atoms in total. The Labute approximate surface area is 101 Å². The van der Waals surface area contributed by atoms with Gasteiger partial charge in [0.25, 0.3) is 0 Å². The first-order valence-corrected chi connectivity index (χ1v) is 6.10. The van der Waals surface area contributed by atoms with Crippen molar-refractivity contribution >= 4 is 11.9 Å². The first-order valence-electron chi connectivity index (χ1n) is 6.10. The minimum atomic E-state index is -0.780. The van der Waals surface area contributed by atoms with Crippen molar-refractivity contribution in [3.63, 3.8) is 0 Å². The molecule has 0 radical (unpaired) electrons. The number of amides is 1. The highest BCUT2D eigenvalue weighted by Crippen LogP contribution is 1.94. The topological polar surface area (TPSA) is 81.7 Å². The number of nitrogens with one attached hydrogen (secondary N) is 2. The lowest BCUT2D eigenvalue weighted by atomic mass is 10.2. The zero-order valence-electron chi connectivity index (χ0n) is 10.1. The summed E-state index contributed by atoms with van der Waals surface area (Å²) >= 11 is 0. The molecule has 1 amide bonds. The highest BCUT2D eigenvalue weighted by Gasteiger charge is 2.12. The SMILES string of the molecule is O=C(O)CCCCNC(=O)CN1CCNCC1. The number of hydrogen-bond donors (Lipinski definition) is 3. The molecule has 6 heteroatoms. The number of rotatable bonds is 7. The molecule has 98 valence electrons. The molecule has 17 heavy (non-hydrogen) atoms. The summed E-state index contributed by atoms with van der Waals surface area (Å²) in [6.07, 6.45) is 1.51. The molecule has 0 aromatic rings. The van der Waals surface area contributed by atoms with Crippen molar-refractivity contribution in [2.24, 2.45) is 0 Å². The van der Waals surface area contributed by atoms with Gasteiger partial charge in [0.15, 0.2) is 0 Å². The van der Waals surface area contributed by atoms with Crippen LogP contribution >= 0.6 is 0 Å². The number of carbonyl (C=O) groups excluding carboxylic acids is 1. The van der Waals surface area contributed by atoms with Gasteiger partial charge in [-0.3, -0.25) is 14.5 Å². The first-order chi connectivity index (χ1) is 8.18. The van der Waals surface area contributed by atoms with E-state index in [1.807, 2.05) is 0 Å². The van der Waals surface area contributed by atoms with Crippen molar-refractivity contribution in [2.75, 3.05) is 39.3 Å². The Morgan fingerprint density at radius 1 is 1.24 bits per heavy atom. The highest BCUT2D eigenvalue weighted by atomic mass is 16.4. The Morgan fingerprint density at radius 3 is 2.59 bits per heavy atom. The van der Waals surface area contributed by atoms with Gasteiger partial charge in [0.05, 0.1) is 6.54 Å². The third kappa shape index (κ3) is 6.91. The van der Waals surface area contributed by atoms with Gasteiger partial charge in [-0.15, -0.1) is 0 Å². The van der Waals surface area contributed by atoms with Crippen molar-refractivity contribution in [3.05, 3.63) is 0 Å². The van der Waals surface area contributed by atoms with Crippen LogP contribution in [-0.4, -0.2) is 61.2 Å². The number of nitrogens with zero attached hydrogens (tertiary/aromatic N) is 1. The van der Waals surface area contributed by atoms with Gasteiger partial charge < -0.3 is 15.7 Å². The molecule has 0 unspecified atom stereocenters. The average molecular weight is 243 g/mol. The summed E-state index contributed by atoms with van der Waals surface area (Å²) in [5, 5.41) is 14.5. The summed E-state index contributed by atoms with van der Waals surface area (Å²) in [6, 6.07) is 0. The Balaban J connectivity index is 1.98. The van der Waals surface area contributed by atoms with E-state index in [0.717, 1.165) is 32.6 Å². The summed E-state index contributed by atoms with van der Waals surface area (Å²) in [5.74, 6) is -0.751. The summed E-state index contributed by atoms with van der Waals surface area (Å²) in [7, 11) is 0. The van der Waals surface area contributed by atoms with Crippen LogP contribution in [0.5, 0.6) is 0 Å². The second kappa shape index (κ2) is 8.03. The molecule has 0 aliphatic carbocycles. The molecule has 1 rings (SSSR count). The molecule has 0 bridgehead atoms. The second-order valence-corrected chi connectivity index (χ2v) is 4.23. The van der Waals surface area contributed by atoms with Gasteiger partial charge in [0.1, 0.15) is 0 Å². The smallest absolute Gasteiger partial charge is 0.303 e. The Bertz CT molecular complexity index is 252. The molecule has 1 aliphatic heterocycles. The van der Waals surface area contributed by atoms with Crippen LogP contribution in [0.2, 0.25) is 0 Å². The number of piperazine rings is 1. The second-order valence-electron chi connectivity index (χ2n) is 4.23. The van der Waals surface area contributed by atoms with Crippen LogP contribution < -0.4 is 10.6 Å². The first kappa shape index (κ1) is 13.9. The van der Waals surface area contributed by atoms with E-state index in [1.54, 1.807) is 0 Å². The minimum absolute atomic E-state index is 0.0298. The van der Waals surface area contributed by atoms with E-state index in [-0.39, 0.29) is 12.3 Å². The number of carboxylic acids is 1. The van der Waals surface area contributed by atoms with Crippen molar-refractivity contribution in [1.29, 1.82) is 0 Å².